The topological polar surface area (TPSA) is 9.23 Å². The van der Waals surface area contributed by atoms with Crippen molar-refractivity contribution in [1.82, 2.24) is 0 Å². The summed E-state index contributed by atoms with van der Waals surface area (Å²) in [6.07, 6.45) is 7.52. The van der Waals surface area contributed by atoms with Crippen LogP contribution in [0.3, 0.4) is 0 Å². The zero-order chi connectivity index (χ0) is 17.1. The number of hydrogen-bond acceptors (Lipinski definition) is 1. The van der Waals surface area contributed by atoms with Gasteiger partial charge in [0.1, 0.15) is 5.75 Å². The van der Waals surface area contributed by atoms with E-state index in [0.717, 1.165) is 17.7 Å². The minimum absolute atomic E-state index is 0.903. The molecule has 0 aliphatic heterocycles. The van der Waals surface area contributed by atoms with Gasteiger partial charge in [0, 0.05) is 11.1 Å². The fourth-order valence-corrected chi connectivity index (χ4v) is 3.46. The third-order valence-electron chi connectivity index (χ3n) is 4.63. The van der Waals surface area contributed by atoms with Gasteiger partial charge in [0.25, 0.3) is 0 Å². The Bertz CT molecular complexity index is 935. The second-order valence-electron chi connectivity index (χ2n) is 6.12. The molecule has 0 atom stereocenters. The predicted molar refractivity (Wildman–Crippen MR) is 106 cm³/mol. The summed E-state index contributed by atoms with van der Waals surface area (Å²) in [5, 5.41) is 0. The number of rotatable bonds is 4. The molecule has 25 heavy (non-hydrogen) atoms. The summed E-state index contributed by atoms with van der Waals surface area (Å²) in [5.74, 6) is 0.903. The SMILES string of the molecule is COc1ccc(C2=CC=CC2)c(-c2ccccc2)c1-c1ccccc1. The van der Waals surface area contributed by atoms with Crippen LogP contribution in [0.5, 0.6) is 5.75 Å². The molecule has 1 aliphatic rings. The van der Waals surface area contributed by atoms with Crippen LogP contribution in [0.1, 0.15) is 12.0 Å². The highest BCUT2D eigenvalue weighted by Gasteiger charge is 2.19. The minimum atomic E-state index is 0.903. The second kappa shape index (κ2) is 6.82. The van der Waals surface area contributed by atoms with Crippen LogP contribution in [-0.2, 0) is 0 Å². The van der Waals surface area contributed by atoms with Crippen LogP contribution in [0, 0.1) is 0 Å². The van der Waals surface area contributed by atoms with Crippen LogP contribution >= 0.6 is 0 Å². The largest absolute Gasteiger partial charge is 0.496 e. The lowest BCUT2D eigenvalue weighted by atomic mass is 9.86. The lowest BCUT2D eigenvalue weighted by Gasteiger charge is -2.19. The molecule has 0 heterocycles. The first kappa shape index (κ1) is 15.5. The summed E-state index contributed by atoms with van der Waals surface area (Å²) < 4.78 is 5.74. The smallest absolute Gasteiger partial charge is 0.127 e. The highest BCUT2D eigenvalue weighted by atomic mass is 16.5. The predicted octanol–water partition coefficient (Wildman–Crippen LogP) is 6.37. The molecule has 0 bridgehead atoms. The van der Waals surface area contributed by atoms with Crippen molar-refractivity contribution in [2.24, 2.45) is 0 Å². The van der Waals surface area contributed by atoms with Gasteiger partial charge in [-0.25, -0.2) is 0 Å². The molecule has 0 fully saturated rings. The summed E-state index contributed by atoms with van der Waals surface area (Å²) in [6, 6.07) is 25.4. The van der Waals surface area contributed by atoms with E-state index < -0.39 is 0 Å². The number of benzene rings is 3. The van der Waals surface area contributed by atoms with Crippen LogP contribution in [0.2, 0.25) is 0 Å². The van der Waals surface area contributed by atoms with E-state index in [9.17, 15) is 0 Å². The standard InChI is InChI=1S/C24H20O/c1-25-22-17-16-21(18-10-8-9-11-18)23(19-12-4-2-5-13-19)24(22)20-14-6-3-7-15-20/h2-10,12-17H,11H2,1H3. The molecule has 0 aromatic heterocycles. The number of methoxy groups -OCH3 is 1. The van der Waals surface area contributed by atoms with Crippen molar-refractivity contribution in [3.63, 3.8) is 0 Å². The van der Waals surface area contributed by atoms with Gasteiger partial charge in [0.15, 0.2) is 0 Å². The molecule has 0 saturated carbocycles. The van der Waals surface area contributed by atoms with Crippen LogP contribution < -0.4 is 4.74 Å². The molecule has 3 aromatic rings. The molecule has 3 aromatic carbocycles. The summed E-state index contributed by atoms with van der Waals surface area (Å²) in [7, 11) is 1.74. The molecule has 4 rings (SSSR count). The molecule has 0 N–H and O–H groups in total. The number of hydrogen-bond donors (Lipinski definition) is 0. The first-order chi connectivity index (χ1) is 12.4. The maximum absolute atomic E-state index is 5.74. The Morgan fingerprint density at radius 1 is 0.720 bits per heavy atom. The van der Waals surface area contributed by atoms with Crippen molar-refractivity contribution in [2.75, 3.05) is 7.11 Å². The quantitative estimate of drug-likeness (QED) is 0.541. The van der Waals surface area contributed by atoms with E-state index in [0.29, 0.717) is 0 Å². The minimum Gasteiger partial charge on any atom is -0.496 e. The summed E-state index contributed by atoms with van der Waals surface area (Å²) in [5.41, 5.74) is 7.39. The zero-order valence-corrected chi connectivity index (χ0v) is 14.3. The number of ether oxygens (including phenoxy) is 1. The van der Waals surface area contributed by atoms with Gasteiger partial charge in [-0.15, -0.1) is 0 Å². The van der Waals surface area contributed by atoms with Gasteiger partial charge < -0.3 is 4.74 Å². The molecular formula is C24H20O. The van der Waals surface area contributed by atoms with E-state index in [1.807, 2.05) is 6.07 Å². The summed E-state index contributed by atoms with van der Waals surface area (Å²) in [6.45, 7) is 0. The van der Waals surface area contributed by atoms with E-state index in [1.54, 1.807) is 7.11 Å². The Morgan fingerprint density at radius 2 is 1.36 bits per heavy atom. The van der Waals surface area contributed by atoms with Crippen molar-refractivity contribution >= 4 is 5.57 Å². The van der Waals surface area contributed by atoms with E-state index in [4.69, 9.17) is 4.74 Å². The zero-order valence-electron chi connectivity index (χ0n) is 14.3. The van der Waals surface area contributed by atoms with E-state index in [2.05, 4.69) is 85.0 Å². The lowest BCUT2D eigenvalue weighted by molar-refractivity contribution is 0.416. The maximum Gasteiger partial charge on any atom is 0.127 e. The van der Waals surface area contributed by atoms with Crippen molar-refractivity contribution in [2.45, 2.75) is 6.42 Å². The van der Waals surface area contributed by atoms with Crippen LogP contribution in [0.25, 0.3) is 27.8 Å². The molecule has 1 aliphatic carbocycles. The fraction of sp³-hybridized carbons (Fsp3) is 0.0833. The van der Waals surface area contributed by atoms with Crippen molar-refractivity contribution < 1.29 is 4.74 Å². The van der Waals surface area contributed by atoms with Crippen LogP contribution in [0.4, 0.5) is 0 Å². The Balaban J connectivity index is 2.05. The Kier molecular flexibility index (Phi) is 4.22. The number of allylic oxidation sites excluding steroid dienone is 4. The third-order valence-corrected chi connectivity index (χ3v) is 4.63. The highest BCUT2D eigenvalue weighted by molar-refractivity contribution is 5.95. The molecule has 1 heteroatoms. The first-order valence-electron chi connectivity index (χ1n) is 8.56. The molecule has 122 valence electrons. The van der Waals surface area contributed by atoms with Crippen molar-refractivity contribution in [1.29, 1.82) is 0 Å². The second-order valence-corrected chi connectivity index (χ2v) is 6.12. The van der Waals surface area contributed by atoms with Crippen LogP contribution in [-0.4, -0.2) is 7.11 Å². The van der Waals surface area contributed by atoms with Gasteiger partial charge in [-0.05, 0) is 34.8 Å². The van der Waals surface area contributed by atoms with E-state index in [1.165, 1.54) is 27.8 Å². The van der Waals surface area contributed by atoms with Gasteiger partial charge in [-0.2, -0.15) is 0 Å². The average Bonchev–Trinajstić information content (AvgIpc) is 3.23. The summed E-state index contributed by atoms with van der Waals surface area (Å²) >= 11 is 0. The molecule has 1 nitrogen and oxygen atoms in total. The Morgan fingerprint density at radius 3 is 1.92 bits per heavy atom. The average molecular weight is 324 g/mol. The summed E-state index contributed by atoms with van der Waals surface area (Å²) in [4.78, 5) is 0. The van der Waals surface area contributed by atoms with E-state index in [-0.39, 0.29) is 0 Å². The Labute approximate surface area is 148 Å². The molecule has 0 spiro atoms. The van der Waals surface area contributed by atoms with Crippen molar-refractivity contribution in [3.05, 3.63) is 96.6 Å². The van der Waals surface area contributed by atoms with Crippen LogP contribution in [0.15, 0.2) is 91.0 Å². The molecule has 0 amide bonds. The molecule has 0 radical (unpaired) electrons. The first-order valence-corrected chi connectivity index (χ1v) is 8.56. The Hall–Kier alpha value is -3.06. The normalized spacial score (nSPS) is 12.9. The maximum atomic E-state index is 5.74. The van der Waals surface area contributed by atoms with Gasteiger partial charge >= 0.3 is 0 Å². The highest BCUT2D eigenvalue weighted by Crippen LogP contribution is 2.44. The van der Waals surface area contributed by atoms with Gasteiger partial charge in [-0.3, -0.25) is 0 Å². The van der Waals surface area contributed by atoms with E-state index >= 15 is 0 Å². The van der Waals surface area contributed by atoms with Gasteiger partial charge in [0.2, 0.25) is 0 Å². The monoisotopic (exact) mass is 324 g/mol. The lowest BCUT2D eigenvalue weighted by Crippen LogP contribution is -1.96. The van der Waals surface area contributed by atoms with Gasteiger partial charge in [0.05, 0.1) is 7.11 Å². The third kappa shape index (κ3) is 2.89. The van der Waals surface area contributed by atoms with Gasteiger partial charge in [-0.1, -0.05) is 85.0 Å². The van der Waals surface area contributed by atoms with Crippen molar-refractivity contribution in [3.8, 4) is 28.0 Å². The molecular weight excluding hydrogens is 304 g/mol. The fourth-order valence-electron chi connectivity index (χ4n) is 3.46. The molecule has 0 saturated heterocycles. The molecule has 0 unspecified atom stereocenters.